The summed E-state index contributed by atoms with van der Waals surface area (Å²) in [6, 6.07) is 6.83. The number of hydrogen-bond acceptors (Lipinski definition) is 9. The highest BCUT2D eigenvalue weighted by Crippen LogP contribution is 2.22. The standard InChI is InChI=1S/C38H63NO9/c1-2-3-4-5-6-7-8-9-10-11-12-13-14-15-16-21-36(40)48-33-32-47-31-30-46-29-28-45-27-26-44-25-24-43-23-22-39-37(41)34-19-17-18-20-35(34)38(39)42/h17-20H,2-16,21-33H2,1H3. The number of benzene rings is 1. The average Bonchev–Trinajstić information content (AvgIpc) is 3.34. The minimum atomic E-state index is -0.276. The summed E-state index contributed by atoms with van der Waals surface area (Å²) in [5, 5.41) is 0. The minimum Gasteiger partial charge on any atom is -0.463 e. The first-order valence-corrected chi connectivity index (χ1v) is 18.6. The second-order valence-corrected chi connectivity index (χ2v) is 12.3. The molecule has 1 aliphatic rings. The second kappa shape index (κ2) is 29.5. The highest BCUT2D eigenvalue weighted by molar-refractivity contribution is 6.21. The van der Waals surface area contributed by atoms with Crippen LogP contribution in [0.1, 0.15) is 130 Å². The number of esters is 1. The first kappa shape index (κ1) is 41.8. The number of ether oxygens (including phenoxy) is 6. The van der Waals surface area contributed by atoms with Crippen LogP contribution >= 0.6 is 0 Å². The van der Waals surface area contributed by atoms with Gasteiger partial charge in [0.25, 0.3) is 11.8 Å². The quantitative estimate of drug-likeness (QED) is 0.0426. The molecule has 10 nitrogen and oxygen atoms in total. The molecule has 0 fully saturated rings. The topological polar surface area (TPSA) is 110 Å². The highest BCUT2D eigenvalue weighted by Gasteiger charge is 2.34. The van der Waals surface area contributed by atoms with Crippen LogP contribution in [-0.4, -0.2) is 102 Å². The van der Waals surface area contributed by atoms with Crippen LogP contribution in [0, 0.1) is 0 Å². The molecule has 1 heterocycles. The van der Waals surface area contributed by atoms with Crippen LogP contribution in [0.25, 0.3) is 0 Å². The van der Waals surface area contributed by atoms with Gasteiger partial charge in [0.2, 0.25) is 0 Å². The van der Waals surface area contributed by atoms with Crippen molar-refractivity contribution in [3.8, 4) is 0 Å². The van der Waals surface area contributed by atoms with Crippen molar-refractivity contribution in [3.05, 3.63) is 35.4 Å². The van der Waals surface area contributed by atoms with E-state index in [1.807, 2.05) is 0 Å². The maximum absolute atomic E-state index is 12.3. The van der Waals surface area contributed by atoms with Gasteiger partial charge in [-0.05, 0) is 18.6 Å². The van der Waals surface area contributed by atoms with Gasteiger partial charge in [-0.15, -0.1) is 0 Å². The first-order valence-electron chi connectivity index (χ1n) is 18.6. The second-order valence-electron chi connectivity index (χ2n) is 12.3. The van der Waals surface area contributed by atoms with Crippen molar-refractivity contribution in [1.82, 2.24) is 4.90 Å². The molecule has 2 rings (SSSR count). The van der Waals surface area contributed by atoms with Crippen molar-refractivity contribution < 1.29 is 42.8 Å². The van der Waals surface area contributed by atoms with E-state index in [4.69, 9.17) is 28.4 Å². The molecule has 274 valence electrons. The van der Waals surface area contributed by atoms with Gasteiger partial charge in [0.1, 0.15) is 6.61 Å². The van der Waals surface area contributed by atoms with Crippen LogP contribution in [-0.2, 0) is 33.2 Å². The van der Waals surface area contributed by atoms with Gasteiger partial charge in [0.05, 0.1) is 83.7 Å². The highest BCUT2D eigenvalue weighted by atomic mass is 16.6. The summed E-state index contributed by atoms with van der Waals surface area (Å²) in [6.07, 6.45) is 20.1. The van der Waals surface area contributed by atoms with E-state index in [2.05, 4.69) is 6.92 Å². The molecule has 0 spiro atoms. The van der Waals surface area contributed by atoms with E-state index >= 15 is 0 Å². The molecule has 1 aromatic carbocycles. The Labute approximate surface area is 289 Å². The lowest BCUT2D eigenvalue weighted by atomic mass is 10.0. The molecule has 1 aromatic rings. The van der Waals surface area contributed by atoms with Crippen molar-refractivity contribution >= 4 is 17.8 Å². The Morgan fingerprint density at radius 3 is 1.27 bits per heavy atom. The molecule has 0 bridgehead atoms. The maximum Gasteiger partial charge on any atom is 0.305 e. The molecule has 2 amide bonds. The third kappa shape index (κ3) is 20.2. The zero-order valence-corrected chi connectivity index (χ0v) is 29.7. The van der Waals surface area contributed by atoms with Crippen molar-refractivity contribution in [3.63, 3.8) is 0 Å². The van der Waals surface area contributed by atoms with Gasteiger partial charge in [-0.1, -0.05) is 109 Å². The monoisotopic (exact) mass is 677 g/mol. The summed E-state index contributed by atoms with van der Waals surface area (Å²) in [5.41, 5.74) is 0.888. The van der Waals surface area contributed by atoms with Gasteiger partial charge in [-0.25, -0.2) is 0 Å². The van der Waals surface area contributed by atoms with E-state index in [0.29, 0.717) is 77.0 Å². The lowest BCUT2D eigenvalue weighted by molar-refractivity contribution is -0.145. The summed E-state index contributed by atoms with van der Waals surface area (Å²) in [7, 11) is 0. The van der Waals surface area contributed by atoms with Crippen LogP contribution in [0.15, 0.2) is 24.3 Å². The number of unbranched alkanes of at least 4 members (excludes halogenated alkanes) is 14. The Kier molecular flexibility index (Phi) is 25.7. The molecule has 1 aliphatic heterocycles. The molecule has 0 N–H and O–H groups in total. The third-order valence-electron chi connectivity index (χ3n) is 8.30. The Morgan fingerprint density at radius 1 is 0.500 bits per heavy atom. The van der Waals surface area contributed by atoms with Gasteiger partial charge >= 0.3 is 5.97 Å². The molecule has 0 radical (unpaired) electrons. The Morgan fingerprint density at radius 2 is 0.854 bits per heavy atom. The summed E-state index contributed by atoms with van der Waals surface area (Å²) in [6.45, 7) is 6.83. The van der Waals surface area contributed by atoms with E-state index in [1.54, 1.807) is 24.3 Å². The average molecular weight is 678 g/mol. The Balaban J connectivity index is 1.21. The molecule has 10 heteroatoms. The molecule has 0 saturated carbocycles. The fourth-order valence-electron chi connectivity index (χ4n) is 5.51. The number of rotatable bonds is 34. The number of nitrogens with zero attached hydrogens (tertiary/aromatic N) is 1. The normalized spacial score (nSPS) is 12.6. The zero-order valence-electron chi connectivity index (χ0n) is 29.7. The van der Waals surface area contributed by atoms with E-state index in [1.165, 1.54) is 88.4 Å². The number of imide groups is 1. The summed E-state index contributed by atoms with van der Waals surface area (Å²) in [4.78, 5) is 37.7. The summed E-state index contributed by atoms with van der Waals surface area (Å²) < 4.78 is 32.6. The zero-order chi connectivity index (χ0) is 34.3. The molecule has 0 saturated heterocycles. The minimum absolute atomic E-state index is 0.141. The number of hydrogen-bond donors (Lipinski definition) is 0. The molecule has 0 aromatic heterocycles. The molecule has 0 atom stereocenters. The predicted molar refractivity (Wildman–Crippen MR) is 186 cm³/mol. The fourth-order valence-corrected chi connectivity index (χ4v) is 5.51. The van der Waals surface area contributed by atoms with E-state index in [-0.39, 0.29) is 37.5 Å². The molecule has 0 aliphatic carbocycles. The molecular weight excluding hydrogens is 614 g/mol. The molecular formula is C38H63NO9. The van der Waals surface area contributed by atoms with E-state index in [9.17, 15) is 14.4 Å². The molecule has 0 unspecified atom stereocenters. The Hall–Kier alpha value is -2.37. The van der Waals surface area contributed by atoms with Crippen molar-refractivity contribution in [1.29, 1.82) is 0 Å². The Bertz CT molecular complexity index is 938. The fraction of sp³-hybridized carbons (Fsp3) is 0.763. The van der Waals surface area contributed by atoms with Gasteiger partial charge in [-0.3, -0.25) is 19.3 Å². The van der Waals surface area contributed by atoms with Gasteiger partial charge in [0.15, 0.2) is 0 Å². The number of fused-ring (bicyclic) bond motifs is 1. The summed E-state index contributed by atoms with van der Waals surface area (Å²) in [5.74, 6) is -0.692. The summed E-state index contributed by atoms with van der Waals surface area (Å²) >= 11 is 0. The van der Waals surface area contributed by atoms with Crippen molar-refractivity contribution in [2.75, 3.05) is 79.2 Å². The van der Waals surface area contributed by atoms with Gasteiger partial charge < -0.3 is 28.4 Å². The van der Waals surface area contributed by atoms with E-state index in [0.717, 1.165) is 12.8 Å². The van der Waals surface area contributed by atoms with Crippen LogP contribution in [0.4, 0.5) is 0 Å². The number of carbonyl (C=O) groups is 3. The third-order valence-corrected chi connectivity index (χ3v) is 8.30. The molecule has 48 heavy (non-hydrogen) atoms. The van der Waals surface area contributed by atoms with Gasteiger partial charge in [0, 0.05) is 6.42 Å². The predicted octanol–water partition coefficient (Wildman–Crippen LogP) is 7.17. The smallest absolute Gasteiger partial charge is 0.305 e. The van der Waals surface area contributed by atoms with Crippen LogP contribution in [0.2, 0.25) is 0 Å². The lowest BCUT2D eigenvalue weighted by Crippen LogP contribution is -2.33. The van der Waals surface area contributed by atoms with Crippen LogP contribution < -0.4 is 0 Å². The van der Waals surface area contributed by atoms with Crippen LogP contribution in [0.5, 0.6) is 0 Å². The van der Waals surface area contributed by atoms with Crippen molar-refractivity contribution in [2.45, 2.75) is 110 Å². The van der Waals surface area contributed by atoms with E-state index < -0.39 is 0 Å². The maximum atomic E-state index is 12.3. The number of amides is 2. The van der Waals surface area contributed by atoms with Crippen molar-refractivity contribution in [2.24, 2.45) is 0 Å². The SMILES string of the molecule is CCCCCCCCCCCCCCCCCC(=O)OCCOCCOCCOCCOCCOCCN1C(=O)c2ccccc2C1=O. The number of carbonyl (C=O) groups excluding carboxylic acids is 3. The van der Waals surface area contributed by atoms with Crippen LogP contribution in [0.3, 0.4) is 0 Å². The first-order chi connectivity index (χ1) is 23.6. The van der Waals surface area contributed by atoms with Gasteiger partial charge in [-0.2, -0.15) is 0 Å². The largest absolute Gasteiger partial charge is 0.463 e. The lowest BCUT2D eigenvalue weighted by Gasteiger charge is -2.13.